The van der Waals surface area contributed by atoms with Gasteiger partial charge in [-0.15, -0.1) is 0 Å². The molecule has 0 bridgehead atoms. The Morgan fingerprint density at radius 3 is 2.76 bits per heavy atom. The van der Waals surface area contributed by atoms with Gasteiger partial charge in [-0.3, -0.25) is 9.48 Å². The van der Waals surface area contributed by atoms with Gasteiger partial charge >= 0.3 is 0 Å². The molecule has 0 saturated carbocycles. The fourth-order valence-corrected chi connectivity index (χ4v) is 2.54. The van der Waals surface area contributed by atoms with Gasteiger partial charge < -0.3 is 14.4 Å². The first kappa shape index (κ1) is 15.9. The Balaban J connectivity index is 1.72. The first-order valence-electron chi connectivity index (χ1n) is 7.42. The fourth-order valence-electron chi connectivity index (χ4n) is 2.54. The molecule has 1 aromatic rings. The van der Waals surface area contributed by atoms with E-state index in [4.69, 9.17) is 9.47 Å². The largest absolute Gasteiger partial charge is 0.382 e. The van der Waals surface area contributed by atoms with E-state index in [1.54, 1.807) is 18.1 Å². The number of hydrogen-bond acceptors (Lipinski definition) is 5. The summed E-state index contributed by atoms with van der Waals surface area (Å²) in [5.74, 6) is 0.0958. The van der Waals surface area contributed by atoms with Crippen molar-refractivity contribution in [2.75, 3.05) is 33.4 Å². The van der Waals surface area contributed by atoms with Gasteiger partial charge in [-0.05, 0) is 12.8 Å². The summed E-state index contributed by atoms with van der Waals surface area (Å²) in [6.45, 7) is 5.27. The third-order valence-corrected chi connectivity index (χ3v) is 3.74. The van der Waals surface area contributed by atoms with Crippen molar-refractivity contribution in [2.45, 2.75) is 32.4 Å². The molecule has 1 atom stereocenters. The van der Waals surface area contributed by atoms with Crippen LogP contribution in [0.4, 0.5) is 0 Å². The minimum Gasteiger partial charge on any atom is -0.382 e. The molecule has 21 heavy (non-hydrogen) atoms. The second-order valence-corrected chi connectivity index (χ2v) is 5.41. The summed E-state index contributed by atoms with van der Waals surface area (Å²) in [6, 6.07) is 0. The number of aromatic nitrogens is 3. The lowest BCUT2D eigenvalue weighted by molar-refractivity contribution is -0.138. The van der Waals surface area contributed by atoms with Crippen molar-refractivity contribution >= 4 is 5.91 Å². The Morgan fingerprint density at radius 2 is 2.14 bits per heavy atom. The Hall–Kier alpha value is -1.47. The lowest BCUT2D eigenvalue weighted by Crippen LogP contribution is -2.44. The lowest BCUT2D eigenvalue weighted by Gasteiger charge is -2.33. The molecule has 2 heterocycles. The Labute approximate surface area is 125 Å². The predicted molar refractivity (Wildman–Crippen MR) is 76.6 cm³/mol. The van der Waals surface area contributed by atoms with Gasteiger partial charge in [0.15, 0.2) is 0 Å². The van der Waals surface area contributed by atoms with Crippen LogP contribution in [0.5, 0.6) is 0 Å². The number of carbonyl (C=O) groups is 1. The van der Waals surface area contributed by atoms with Crippen LogP contribution in [0.1, 0.15) is 19.8 Å². The number of amides is 1. The third kappa shape index (κ3) is 4.78. The molecule has 1 amide bonds. The van der Waals surface area contributed by atoms with E-state index < -0.39 is 0 Å². The third-order valence-electron chi connectivity index (χ3n) is 3.74. The van der Waals surface area contributed by atoms with Gasteiger partial charge in [-0.2, -0.15) is 5.10 Å². The Morgan fingerprint density at radius 1 is 1.38 bits per heavy atom. The summed E-state index contributed by atoms with van der Waals surface area (Å²) < 4.78 is 12.4. The van der Waals surface area contributed by atoms with Crippen LogP contribution in [0.25, 0.3) is 0 Å². The SMILES string of the molecule is COCCOC1CCN(C(=O)[C@H](C)Cn2cncn2)CC1. The summed E-state index contributed by atoms with van der Waals surface area (Å²) in [7, 11) is 1.67. The molecule has 7 heteroatoms. The number of hydrogen-bond donors (Lipinski definition) is 0. The average molecular weight is 296 g/mol. The minimum absolute atomic E-state index is 0.0855. The van der Waals surface area contributed by atoms with Crippen molar-refractivity contribution < 1.29 is 14.3 Å². The molecule has 0 radical (unpaired) electrons. The first-order valence-corrected chi connectivity index (χ1v) is 7.42. The van der Waals surface area contributed by atoms with E-state index in [1.165, 1.54) is 6.33 Å². The van der Waals surface area contributed by atoms with Crippen LogP contribution in [0.2, 0.25) is 0 Å². The summed E-state index contributed by atoms with van der Waals surface area (Å²) in [5, 5.41) is 4.04. The highest BCUT2D eigenvalue weighted by molar-refractivity contribution is 5.78. The number of rotatable bonds is 7. The number of methoxy groups -OCH3 is 1. The molecule has 1 aromatic heterocycles. The van der Waals surface area contributed by atoms with E-state index in [1.807, 2.05) is 11.8 Å². The van der Waals surface area contributed by atoms with Crippen LogP contribution < -0.4 is 0 Å². The highest BCUT2D eigenvalue weighted by Crippen LogP contribution is 2.16. The fraction of sp³-hybridized carbons (Fsp3) is 0.786. The molecule has 1 fully saturated rings. The van der Waals surface area contributed by atoms with Gasteiger partial charge in [0.2, 0.25) is 5.91 Å². The van der Waals surface area contributed by atoms with Crippen LogP contribution in [0.3, 0.4) is 0 Å². The van der Waals surface area contributed by atoms with Crippen LogP contribution in [-0.4, -0.2) is 65.1 Å². The van der Waals surface area contributed by atoms with Crippen LogP contribution in [0.15, 0.2) is 12.7 Å². The monoisotopic (exact) mass is 296 g/mol. The number of likely N-dealkylation sites (tertiary alicyclic amines) is 1. The molecule has 0 spiro atoms. The van der Waals surface area contributed by atoms with Gasteiger partial charge in [-0.1, -0.05) is 6.92 Å². The standard InChI is InChI=1S/C14H24N4O3/c1-12(9-18-11-15-10-16-18)14(19)17-5-3-13(4-6-17)21-8-7-20-2/h10-13H,3-9H2,1-2H3/t12-/m1/s1. The molecular weight excluding hydrogens is 272 g/mol. The van der Waals surface area contributed by atoms with Crippen LogP contribution in [-0.2, 0) is 20.8 Å². The van der Waals surface area contributed by atoms with Crippen molar-refractivity contribution in [3.05, 3.63) is 12.7 Å². The molecular formula is C14H24N4O3. The molecule has 7 nitrogen and oxygen atoms in total. The van der Waals surface area contributed by atoms with E-state index in [-0.39, 0.29) is 17.9 Å². The zero-order chi connectivity index (χ0) is 15.1. The van der Waals surface area contributed by atoms with Gasteiger partial charge in [0.25, 0.3) is 0 Å². The molecule has 1 saturated heterocycles. The quantitative estimate of drug-likeness (QED) is 0.688. The second-order valence-electron chi connectivity index (χ2n) is 5.41. The highest BCUT2D eigenvalue weighted by Gasteiger charge is 2.26. The maximum Gasteiger partial charge on any atom is 0.227 e. The summed E-state index contributed by atoms with van der Waals surface area (Å²) in [4.78, 5) is 18.2. The topological polar surface area (TPSA) is 69.5 Å². The van der Waals surface area contributed by atoms with E-state index >= 15 is 0 Å². The summed E-state index contributed by atoms with van der Waals surface area (Å²) in [6.07, 6.45) is 5.16. The molecule has 1 aliphatic rings. The van der Waals surface area contributed by atoms with Gasteiger partial charge in [0.05, 0.1) is 31.8 Å². The number of carbonyl (C=O) groups excluding carboxylic acids is 1. The lowest BCUT2D eigenvalue weighted by atomic mass is 10.0. The summed E-state index contributed by atoms with van der Waals surface area (Å²) >= 11 is 0. The van der Waals surface area contributed by atoms with Gasteiger partial charge in [0.1, 0.15) is 12.7 Å². The molecule has 118 valence electrons. The highest BCUT2D eigenvalue weighted by atomic mass is 16.5. The van der Waals surface area contributed by atoms with Gasteiger partial charge in [-0.25, -0.2) is 4.98 Å². The maximum absolute atomic E-state index is 12.4. The molecule has 0 aromatic carbocycles. The first-order chi connectivity index (χ1) is 10.2. The normalized spacial score (nSPS) is 17.9. The minimum atomic E-state index is -0.0855. The van der Waals surface area contributed by atoms with Crippen LogP contribution >= 0.6 is 0 Å². The smallest absolute Gasteiger partial charge is 0.227 e. The average Bonchev–Trinajstić information content (AvgIpc) is 3.00. The number of piperidine rings is 1. The van der Waals surface area contributed by atoms with E-state index in [9.17, 15) is 4.79 Å². The van der Waals surface area contributed by atoms with E-state index in [0.717, 1.165) is 25.9 Å². The Bertz CT molecular complexity index is 416. The molecule has 2 rings (SSSR count). The number of ether oxygens (including phenoxy) is 2. The van der Waals surface area contributed by atoms with E-state index in [2.05, 4.69) is 10.1 Å². The molecule has 0 N–H and O–H groups in total. The molecule has 1 aliphatic heterocycles. The van der Waals surface area contributed by atoms with Crippen LogP contribution in [0, 0.1) is 5.92 Å². The zero-order valence-electron chi connectivity index (χ0n) is 12.8. The number of nitrogens with zero attached hydrogens (tertiary/aromatic N) is 4. The molecule has 0 unspecified atom stereocenters. The van der Waals surface area contributed by atoms with E-state index in [0.29, 0.717) is 19.8 Å². The predicted octanol–water partition coefficient (Wildman–Crippen LogP) is 0.568. The summed E-state index contributed by atoms with van der Waals surface area (Å²) in [5.41, 5.74) is 0. The van der Waals surface area contributed by atoms with Crippen molar-refractivity contribution in [3.8, 4) is 0 Å². The van der Waals surface area contributed by atoms with Gasteiger partial charge in [0, 0.05) is 20.2 Å². The second kappa shape index (κ2) is 8.09. The zero-order valence-corrected chi connectivity index (χ0v) is 12.8. The van der Waals surface area contributed by atoms with Crippen molar-refractivity contribution in [1.82, 2.24) is 19.7 Å². The molecule has 0 aliphatic carbocycles. The Kier molecular flexibility index (Phi) is 6.13. The van der Waals surface area contributed by atoms with Crippen molar-refractivity contribution in [3.63, 3.8) is 0 Å². The maximum atomic E-state index is 12.4. The van der Waals surface area contributed by atoms with Crippen molar-refractivity contribution in [1.29, 1.82) is 0 Å². The van der Waals surface area contributed by atoms with Crippen molar-refractivity contribution in [2.24, 2.45) is 5.92 Å².